The third kappa shape index (κ3) is 7.55. The summed E-state index contributed by atoms with van der Waals surface area (Å²) >= 11 is 0. The number of rotatable bonds is 9. The molecule has 1 amide bonds. The maximum atomic E-state index is 12.3. The molecule has 31 heavy (non-hydrogen) atoms. The molecule has 0 radical (unpaired) electrons. The van der Waals surface area contributed by atoms with Crippen LogP contribution >= 0.6 is 0 Å². The van der Waals surface area contributed by atoms with E-state index in [1.54, 1.807) is 12.1 Å². The van der Waals surface area contributed by atoms with E-state index >= 15 is 0 Å². The third-order valence-corrected chi connectivity index (χ3v) is 5.33. The molecule has 1 aliphatic heterocycles. The van der Waals surface area contributed by atoms with Gasteiger partial charge in [0, 0.05) is 57.4 Å². The number of nitrogens with one attached hydrogen (secondary N) is 1. The number of nitrogens with zero attached hydrogens (tertiary/aromatic N) is 2. The van der Waals surface area contributed by atoms with Crippen LogP contribution in [0.5, 0.6) is 5.75 Å². The van der Waals surface area contributed by atoms with Crippen molar-refractivity contribution in [3.8, 4) is 5.75 Å². The number of benzene rings is 2. The number of phenolic OH excluding ortho intramolecular Hbond substituents is 1. The topological polar surface area (TPSA) is 93.1 Å². The fraction of sp³-hybridized carbons (Fsp3) is 0.333. The number of hydrogen-bond donors (Lipinski definition) is 3. The molecule has 1 fully saturated rings. The highest BCUT2D eigenvalue weighted by atomic mass is 16.4. The average molecular weight is 424 g/mol. The Morgan fingerprint density at radius 2 is 1.71 bits per heavy atom. The molecular weight excluding hydrogens is 394 g/mol. The van der Waals surface area contributed by atoms with Crippen LogP contribution in [-0.2, 0) is 9.59 Å². The van der Waals surface area contributed by atoms with Crippen molar-refractivity contribution in [3.63, 3.8) is 0 Å². The van der Waals surface area contributed by atoms with Crippen molar-refractivity contribution >= 4 is 23.6 Å². The van der Waals surface area contributed by atoms with Crippen LogP contribution in [0.2, 0.25) is 0 Å². The van der Waals surface area contributed by atoms with Gasteiger partial charge in [0.2, 0.25) is 5.91 Å². The Balaban J connectivity index is 1.43. The molecule has 7 nitrogen and oxygen atoms in total. The Labute approximate surface area is 182 Å². The lowest BCUT2D eigenvalue weighted by atomic mass is 10.0. The average Bonchev–Trinajstić information content (AvgIpc) is 2.75. The molecule has 0 aliphatic carbocycles. The summed E-state index contributed by atoms with van der Waals surface area (Å²) in [7, 11) is 0. The van der Waals surface area contributed by atoms with E-state index in [9.17, 15) is 19.8 Å². The van der Waals surface area contributed by atoms with Gasteiger partial charge in [-0.3, -0.25) is 19.4 Å². The molecule has 0 aromatic heterocycles. The molecule has 1 saturated heterocycles. The minimum atomic E-state index is -0.973. The normalized spacial score (nSPS) is 16.3. The maximum absolute atomic E-state index is 12.3. The lowest BCUT2D eigenvalue weighted by Gasteiger charge is -2.35. The van der Waals surface area contributed by atoms with Crippen LogP contribution in [0.1, 0.15) is 12.0 Å². The summed E-state index contributed by atoms with van der Waals surface area (Å²) < 4.78 is 0. The zero-order chi connectivity index (χ0) is 22.1. The highest BCUT2D eigenvalue weighted by Crippen LogP contribution is 2.17. The zero-order valence-electron chi connectivity index (χ0n) is 17.5. The highest BCUT2D eigenvalue weighted by Gasteiger charge is 2.26. The molecule has 7 heteroatoms. The first-order valence-electron chi connectivity index (χ1n) is 10.5. The number of carbonyl (C=O) groups is 2. The summed E-state index contributed by atoms with van der Waals surface area (Å²) in [4.78, 5) is 28.4. The van der Waals surface area contributed by atoms with Crippen LogP contribution in [0.4, 0.5) is 5.69 Å². The van der Waals surface area contributed by atoms with Crippen molar-refractivity contribution < 1.29 is 19.8 Å². The number of carboxylic acids is 1. The molecule has 1 heterocycles. The van der Waals surface area contributed by atoms with Gasteiger partial charge in [-0.15, -0.1) is 0 Å². The number of amides is 1. The first kappa shape index (κ1) is 22.5. The molecule has 2 aromatic carbocycles. The van der Waals surface area contributed by atoms with Gasteiger partial charge in [-0.25, -0.2) is 0 Å². The van der Waals surface area contributed by atoms with Crippen molar-refractivity contribution in [3.05, 3.63) is 66.2 Å². The van der Waals surface area contributed by atoms with Gasteiger partial charge in [-0.1, -0.05) is 48.6 Å². The summed E-state index contributed by atoms with van der Waals surface area (Å²) in [5.74, 6) is -2.08. The first-order chi connectivity index (χ1) is 15.0. The second kappa shape index (κ2) is 11.3. The monoisotopic (exact) mass is 423 g/mol. The van der Waals surface area contributed by atoms with E-state index in [-0.39, 0.29) is 18.1 Å². The van der Waals surface area contributed by atoms with Gasteiger partial charge in [-0.05, 0) is 17.7 Å². The van der Waals surface area contributed by atoms with E-state index < -0.39 is 11.9 Å². The smallest absolute Gasteiger partial charge is 0.308 e. The lowest BCUT2D eigenvalue weighted by Crippen LogP contribution is -2.48. The van der Waals surface area contributed by atoms with Crippen LogP contribution < -0.4 is 5.32 Å². The summed E-state index contributed by atoms with van der Waals surface area (Å²) in [6.07, 6.45) is 4.15. The molecule has 0 spiro atoms. The Morgan fingerprint density at radius 1 is 1.00 bits per heavy atom. The standard InChI is InChI=1S/C24H29N3O4/c28-22-10-4-9-21(17-22)25-23(29)16-20(24(30)31)18-27-14-12-26(13-15-27)11-5-8-19-6-2-1-3-7-19/h1-10,17,20,28H,11-16,18H2,(H,25,29)(H,30,31). The third-order valence-electron chi connectivity index (χ3n) is 5.33. The Kier molecular flexibility index (Phi) is 8.20. The molecule has 2 aromatic rings. The molecule has 1 unspecified atom stereocenters. The van der Waals surface area contributed by atoms with Gasteiger partial charge < -0.3 is 15.5 Å². The number of phenols is 1. The van der Waals surface area contributed by atoms with Crippen molar-refractivity contribution in [2.45, 2.75) is 6.42 Å². The van der Waals surface area contributed by atoms with Gasteiger partial charge in [0.15, 0.2) is 0 Å². The van der Waals surface area contributed by atoms with E-state index in [2.05, 4.69) is 39.4 Å². The summed E-state index contributed by atoms with van der Waals surface area (Å²) in [5, 5.41) is 21.7. The fourth-order valence-electron chi connectivity index (χ4n) is 3.62. The number of anilines is 1. The fourth-order valence-corrected chi connectivity index (χ4v) is 3.62. The Hall–Kier alpha value is -3.16. The SMILES string of the molecule is O=C(CC(CN1CCN(CC=Cc2ccccc2)CC1)C(=O)O)Nc1cccc(O)c1. The Morgan fingerprint density at radius 3 is 2.39 bits per heavy atom. The number of aliphatic carboxylic acids is 1. The van der Waals surface area contributed by atoms with Crippen LogP contribution in [0.15, 0.2) is 60.7 Å². The van der Waals surface area contributed by atoms with Gasteiger partial charge in [0.1, 0.15) is 5.75 Å². The van der Waals surface area contributed by atoms with E-state index in [0.717, 1.165) is 32.7 Å². The molecule has 3 N–H and O–H groups in total. The predicted octanol–water partition coefficient (Wildman–Crippen LogP) is 2.75. The number of carboxylic acid groups (broad SMARTS) is 1. The molecular formula is C24H29N3O4. The second-order valence-electron chi connectivity index (χ2n) is 7.75. The number of hydrogen-bond acceptors (Lipinski definition) is 5. The molecule has 1 aliphatic rings. The second-order valence-corrected chi connectivity index (χ2v) is 7.75. The summed E-state index contributed by atoms with van der Waals surface area (Å²) in [5.41, 5.74) is 1.63. The van der Waals surface area contributed by atoms with E-state index in [4.69, 9.17) is 0 Å². The minimum absolute atomic E-state index is 0.0454. The predicted molar refractivity (Wildman–Crippen MR) is 121 cm³/mol. The van der Waals surface area contributed by atoms with Crippen LogP contribution in [0, 0.1) is 5.92 Å². The molecule has 0 bridgehead atoms. The van der Waals surface area contributed by atoms with Gasteiger partial charge in [-0.2, -0.15) is 0 Å². The van der Waals surface area contributed by atoms with Crippen molar-refractivity contribution in [2.24, 2.45) is 5.92 Å². The quantitative estimate of drug-likeness (QED) is 0.574. The van der Waals surface area contributed by atoms with Gasteiger partial charge in [0.05, 0.1) is 5.92 Å². The largest absolute Gasteiger partial charge is 0.508 e. The van der Waals surface area contributed by atoms with Gasteiger partial charge in [0.25, 0.3) is 0 Å². The maximum Gasteiger partial charge on any atom is 0.308 e. The molecule has 3 rings (SSSR count). The Bertz CT molecular complexity index is 893. The minimum Gasteiger partial charge on any atom is -0.508 e. The van der Waals surface area contributed by atoms with Crippen LogP contribution in [0.3, 0.4) is 0 Å². The van der Waals surface area contributed by atoms with Crippen molar-refractivity contribution in [1.29, 1.82) is 0 Å². The highest BCUT2D eigenvalue weighted by molar-refractivity contribution is 5.93. The number of carbonyl (C=O) groups excluding carboxylic acids is 1. The number of piperazine rings is 1. The van der Waals surface area contributed by atoms with Crippen molar-refractivity contribution in [1.82, 2.24) is 9.80 Å². The summed E-state index contributed by atoms with van der Waals surface area (Å²) in [6.45, 7) is 4.48. The molecule has 1 atom stereocenters. The van der Waals surface area contributed by atoms with E-state index in [0.29, 0.717) is 12.2 Å². The van der Waals surface area contributed by atoms with E-state index in [1.807, 2.05) is 18.2 Å². The zero-order valence-corrected chi connectivity index (χ0v) is 17.5. The lowest BCUT2D eigenvalue weighted by molar-refractivity contribution is -0.144. The van der Waals surface area contributed by atoms with Crippen LogP contribution in [0.25, 0.3) is 6.08 Å². The molecule has 164 valence electrons. The van der Waals surface area contributed by atoms with Crippen LogP contribution in [-0.4, -0.2) is 71.2 Å². The van der Waals surface area contributed by atoms with E-state index in [1.165, 1.54) is 17.7 Å². The first-order valence-corrected chi connectivity index (χ1v) is 10.5. The molecule has 0 saturated carbocycles. The van der Waals surface area contributed by atoms with Gasteiger partial charge >= 0.3 is 5.97 Å². The number of aromatic hydroxyl groups is 1. The summed E-state index contributed by atoms with van der Waals surface area (Å²) in [6, 6.07) is 16.4. The van der Waals surface area contributed by atoms with Crippen molar-refractivity contribution in [2.75, 3.05) is 44.6 Å².